The molecule has 1 aliphatic rings. The average molecular weight is 378 g/mol. The summed E-state index contributed by atoms with van der Waals surface area (Å²) in [5, 5.41) is 1.24. The first kappa shape index (κ1) is 17.7. The topological polar surface area (TPSA) is 36.4 Å². The molecule has 3 aromatic rings. The van der Waals surface area contributed by atoms with Crippen LogP contribution in [0.2, 0.25) is 0 Å². The number of carbonyl (C=O) groups is 1. The summed E-state index contributed by atoms with van der Waals surface area (Å²) in [5.74, 6) is 0.123. The minimum atomic E-state index is 0.123. The largest absolute Gasteiger partial charge is 0.357 e. The first-order valence-corrected chi connectivity index (χ1v) is 10.1. The Morgan fingerprint density at radius 2 is 1.89 bits per heavy atom. The number of hydrogen-bond donors (Lipinski definition) is 0. The first-order valence-electron chi connectivity index (χ1n) is 9.26. The molecular weight excluding hydrogens is 354 g/mol. The van der Waals surface area contributed by atoms with Crippen LogP contribution in [0, 0.1) is 6.92 Å². The summed E-state index contributed by atoms with van der Waals surface area (Å²) in [6.07, 6.45) is 1.85. The quantitative estimate of drug-likeness (QED) is 0.676. The van der Waals surface area contributed by atoms with Gasteiger partial charge < -0.3 is 9.80 Å². The fourth-order valence-corrected chi connectivity index (χ4v) is 4.78. The first-order chi connectivity index (χ1) is 13.1. The van der Waals surface area contributed by atoms with Crippen molar-refractivity contribution in [3.05, 3.63) is 71.9 Å². The maximum atomic E-state index is 12.7. The van der Waals surface area contributed by atoms with E-state index in [0.29, 0.717) is 0 Å². The van der Waals surface area contributed by atoms with Crippen LogP contribution in [0.25, 0.3) is 10.6 Å². The molecule has 0 radical (unpaired) electrons. The van der Waals surface area contributed by atoms with Gasteiger partial charge >= 0.3 is 0 Å². The average Bonchev–Trinajstić information content (AvgIpc) is 3.18. The van der Waals surface area contributed by atoms with Crippen molar-refractivity contribution in [2.45, 2.75) is 19.9 Å². The third-order valence-electron chi connectivity index (χ3n) is 5.05. The molecule has 1 aromatic carbocycles. The molecule has 138 valence electrons. The normalized spacial score (nSPS) is 17.2. The highest BCUT2D eigenvalue weighted by Crippen LogP contribution is 2.35. The lowest BCUT2D eigenvalue weighted by Gasteiger charge is -2.40. The highest BCUT2D eigenvalue weighted by molar-refractivity contribution is 7.19. The second kappa shape index (κ2) is 7.53. The Labute approximate surface area is 164 Å². The van der Waals surface area contributed by atoms with Gasteiger partial charge in [0.05, 0.1) is 15.6 Å². The van der Waals surface area contributed by atoms with E-state index in [1.807, 2.05) is 47.5 Å². The minimum Gasteiger partial charge on any atom is -0.357 e. The lowest BCUT2D eigenvalue weighted by molar-refractivity contribution is 0.0726. The molecule has 0 saturated carbocycles. The molecule has 3 heterocycles. The summed E-state index contributed by atoms with van der Waals surface area (Å²) in [6.45, 7) is 6.62. The molecular formula is C22H23N3OS. The number of piperazine rings is 1. The third-order valence-corrected chi connectivity index (χ3v) is 6.18. The molecule has 2 aromatic heterocycles. The number of rotatable bonds is 3. The van der Waals surface area contributed by atoms with Crippen molar-refractivity contribution in [1.82, 2.24) is 9.88 Å². The number of thiophene rings is 1. The number of anilines is 1. The van der Waals surface area contributed by atoms with E-state index in [-0.39, 0.29) is 11.9 Å². The van der Waals surface area contributed by atoms with Gasteiger partial charge in [-0.15, -0.1) is 11.3 Å². The summed E-state index contributed by atoms with van der Waals surface area (Å²) < 4.78 is 0. The van der Waals surface area contributed by atoms with Crippen molar-refractivity contribution in [3.8, 4) is 10.6 Å². The van der Waals surface area contributed by atoms with Crippen molar-refractivity contribution in [2.75, 3.05) is 24.5 Å². The van der Waals surface area contributed by atoms with E-state index in [2.05, 4.69) is 41.9 Å². The number of hydrogen-bond acceptors (Lipinski definition) is 4. The summed E-state index contributed by atoms with van der Waals surface area (Å²) in [5.41, 5.74) is 3.01. The summed E-state index contributed by atoms with van der Waals surface area (Å²) in [4.78, 5) is 22.8. The SMILES string of the molecule is Cc1cccnc1-c1ccc(N2CCN(C(=O)c3ccccc3)CC2C)s1. The monoisotopic (exact) mass is 377 g/mol. The zero-order valence-corrected chi connectivity index (χ0v) is 16.4. The van der Waals surface area contributed by atoms with Crippen molar-refractivity contribution < 1.29 is 4.79 Å². The molecule has 1 fully saturated rings. The van der Waals surface area contributed by atoms with Crippen LogP contribution in [0.1, 0.15) is 22.8 Å². The Hall–Kier alpha value is -2.66. The molecule has 0 bridgehead atoms. The molecule has 4 rings (SSSR count). The van der Waals surface area contributed by atoms with Gasteiger partial charge in [-0.1, -0.05) is 24.3 Å². The smallest absolute Gasteiger partial charge is 0.253 e. The van der Waals surface area contributed by atoms with Gasteiger partial charge in [-0.3, -0.25) is 9.78 Å². The zero-order chi connectivity index (χ0) is 18.8. The fraction of sp³-hybridized carbons (Fsp3) is 0.273. The Kier molecular flexibility index (Phi) is 4.94. The molecule has 5 heteroatoms. The second-order valence-electron chi connectivity index (χ2n) is 6.97. The van der Waals surface area contributed by atoms with Gasteiger partial charge in [0.15, 0.2) is 0 Å². The van der Waals surface area contributed by atoms with Gasteiger partial charge in [0, 0.05) is 37.4 Å². The van der Waals surface area contributed by atoms with E-state index in [0.717, 1.165) is 30.9 Å². The van der Waals surface area contributed by atoms with E-state index in [4.69, 9.17) is 0 Å². The van der Waals surface area contributed by atoms with Crippen LogP contribution >= 0.6 is 11.3 Å². The van der Waals surface area contributed by atoms with Gasteiger partial charge in [0.2, 0.25) is 0 Å². The van der Waals surface area contributed by atoms with Crippen LogP contribution in [-0.2, 0) is 0 Å². The summed E-state index contributed by atoms with van der Waals surface area (Å²) >= 11 is 1.78. The van der Waals surface area contributed by atoms with E-state index >= 15 is 0 Å². The van der Waals surface area contributed by atoms with Crippen molar-refractivity contribution in [2.24, 2.45) is 0 Å². The molecule has 27 heavy (non-hydrogen) atoms. The standard InChI is InChI=1S/C22H23N3OS/c1-16-7-6-12-23-21(16)19-10-11-20(27-19)25-14-13-24(15-17(25)2)22(26)18-8-4-3-5-9-18/h3-12,17H,13-15H2,1-2H3. The number of nitrogens with zero attached hydrogens (tertiary/aromatic N) is 3. The van der Waals surface area contributed by atoms with E-state index in [9.17, 15) is 4.79 Å². The molecule has 0 N–H and O–H groups in total. The summed E-state index contributed by atoms with van der Waals surface area (Å²) in [6, 6.07) is 18.2. The van der Waals surface area contributed by atoms with Gasteiger partial charge in [-0.2, -0.15) is 0 Å². The van der Waals surface area contributed by atoms with Crippen LogP contribution in [0.3, 0.4) is 0 Å². The number of carbonyl (C=O) groups excluding carboxylic acids is 1. The Morgan fingerprint density at radius 3 is 2.63 bits per heavy atom. The zero-order valence-electron chi connectivity index (χ0n) is 15.6. The maximum Gasteiger partial charge on any atom is 0.253 e. The van der Waals surface area contributed by atoms with E-state index < -0.39 is 0 Å². The van der Waals surface area contributed by atoms with Crippen LogP contribution in [-0.4, -0.2) is 41.5 Å². The molecule has 1 unspecified atom stereocenters. The Balaban J connectivity index is 1.48. The van der Waals surface area contributed by atoms with Crippen LogP contribution < -0.4 is 4.90 Å². The van der Waals surface area contributed by atoms with E-state index in [1.54, 1.807) is 11.3 Å². The van der Waals surface area contributed by atoms with Gasteiger partial charge in [-0.05, 0) is 49.7 Å². The fourth-order valence-electron chi connectivity index (χ4n) is 3.59. The lowest BCUT2D eigenvalue weighted by atomic mass is 10.1. The van der Waals surface area contributed by atoms with Crippen molar-refractivity contribution >= 4 is 22.2 Å². The molecule has 1 aliphatic heterocycles. The van der Waals surface area contributed by atoms with Crippen LogP contribution in [0.5, 0.6) is 0 Å². The number of amides is 1. The lowest BCUT2D eigenvalue weighted by Crippen LogP contribution is -2.53. The highest BCUT2D eigenvalue weighted by Gasteiger charge is 2.28. The highest BCUT2D eigenvalue weighted by atomic mass is 32.1. The molecule has 4 nitrogen and oxygen atoms in total. The van der Waals surface area contributed by atoms with Gasteiger partial charge in [0.25, 0.3) is 5.91 Å². The number of aryl methyl sites for hydroxylation is 1. The number of pyridine rings is 1. The number of aromatic nitrogens is 1. The predicted octanol–water partition coefficient (Wildman–Crippen LogP) is 4.47. The van der Waals surface area contributed by atoms with Gasteiger partial charge in [-0.25, -0.2) is 0 Å². The molecule has 0 spiro atoms. The van der Waals surface area contributed by atoms with Crippen molar-refractivity contribution in [3.63, 3.8) is 0 Å². The van der Waals surface area contributed by atoms with Crippen LogP contribution in [0.4, 0.5) is 5.00 Å². The Morgan fingerprint density at radius 1 is 1.07 bits per heavy atom. The molecule has 0 aliphatic carbocycles. The summed E-state index contributed by atoms with van der Waals surface area (Å²) in [7, 11) is 0. The Bertz CT molecular complexity index is 937. The van der Waals surface area contributed by atoms with E-state index in [1.165, 1.54) is 15.4 Å². The second-order valence-corrected chi connectivity index (χ2v) is 8.03. The van der Waals surface area contributed by atoms with Crippen molar-refractivity contribution in [1.29, 1.82) is 0 Å². The predicted molar refractivity (Wildman–Crippen MR) is 111 cm³/mol. The molecule has 1 saturated heterocycles. The maximum absolute atomic E-state index is 12.7. The van der Waals surface area contributed by atoms with Crippen LogP contribution in [0.15, 0.2) is 60.8 Å². The van der Waals surface area contributed by atoms with Gasteiger partial charge in [0.1, 0.15) is 0 Å². The third kappa shape index (κ3) is 3.60. The number of benzene rings is 1. The molecule has 1 atom stereocenters. The minimum absolute atomic E-state index is 0.123. The molecule has 1 amide bonds.